The molecule has 4 heteroatoms. The second kappa shape index (κ2) is 6.13. The van der Waals surface area contributed by atoms with E-state index in [9.17, 15) is 9.18 Å². The predicted molar refractivity (Wildman–Crippen MR) is 87.9 cm³/mol. The zero-order chi connectivity index (χ0) is 15.7. The highest BCUT2D eigenvalue weighted by Crippen LogP contribution is 2.37. The van der Waals surface area contributed by atoms with Crippen LogP contribution in [0.5, 0.6) is 0 Å². The first-order chi connectivity index (χ1) is 10.5. The lowest BCUT2D eigenvalue weighted by molar-refractivity contribution is 0.0934. The zero-order valence-electron chi connectivity index (χ0n) is 12.7. The molecule has 3 rings (SSSR count). The fraction of sp³-hybridized carbons (Fsp3) is 0.278. The van der Waals surface area contributed by atoms with Gasteiger partial charge in [0.15, 0.2) is 0 Å². The van der Waals surface area contributed by atoms with Crippen LogP contribution in [0.15, 0.2) is 41.3 Å². The lowest BCUT2D eigenvalue weighted by atomic mass is 10.0. The molecule has 0 radical (unpaired) electrons. The molecule has 0 bridgehead atoms. The fourth-order valence-corrected chi connectivity index (χ4v) is 4.02. The first-order valence-corrected chi connectivity index (χ1v) is 8.33. The summed E-state index contributed by atoms with van der Waals surface area (Å²) in [6.45, 7) is 3.96. The standard InChI is InChI=1S/C18H18FNOS/c1-11-8-12(2)10-13(9-11)18(21)20-16-6-7-22-17-14(16)4-3-5-15(17)19/h3-5,8-10,16H,6-7H2,1-2H3,(H,20,21)/t16-/m1/s1. The first kappa shape index (κ1) is 15.1. The molecule has 0 saturated heterocycles. The molecule has 0 fully saturated rings. The summed E-state index contributed by atoms with van der Waals surface area (Å²) in [7, 11) is 0. The van der Waals surface area contributed by atoms with Crippen molar-refractivity contribution in [1.82, 2.24) is 5.32 Å². The Labute approximate surface area is 134 Å². The summed E-state index contributed by atoms with van der Waals surface area (Å²) in [5.74, 6) is 0.512. The number of fused-ring (bicyclic) bond motifs is 1. The zero-order valence-corrected chi connectivity index (χ0v) is 13.5. The number of carbonyl (C=O) groups excluding carboxylic acids is 1. The number of hydrogen-bond donors (Lipinski definition) is 1. The van der Waals surface area contributed by atoms with Crippen molar-refractivity contribution in [2.75, 3.05) is 5.75 Å². The Morgan fingerprint density at radius 2 is 1.95 bits per heavy atom. The van der Waals surface area contributed by atoms with E-state index in [4.69, 9.17) is 0 Å². The molecule has 1 aliphatic rings. The van der Waals surface area contributed by atoms with Gasteiger partial charge >= 0.3 is 0 Å². The Morgan fingerprint density at radius 1 is 1.23 bits per heavy atom. The van der Waals surface area contributed by atoms with Gasteiger partial charge in [-0.2, -0.15) is 0 Å². The van der Waals surface area contributed by atoms with Crippen LogP contribution in [-0.2, 0) is 0 Å². The minimum atomic E-state index is -0.201. The Balaban J connectivity index is 1.85. The van der Waals surface area contributed by atoms with Crippen LogP contribution >= 0.6 is 11.8 Å². The van der Waals surface area contributed by atoms with Gasteiger partial charge in [0.25, 0.3) is 5.91 Å². The summed E-state index contributed by atoms with van der Waals surface area (Å²) >= 11 is 1.52. The topological polar surface area (TPSA) is 29.1 Å². The summed E-state index contributed by atoms with van der Waals surface area (Å²) in [6.07, 6.45) is 0.817. The van der Waals surface area contributed by atoms with Gasteiger partial charge in [-0.3, -0.25) is 4.79 Å². The summed E-state index contributed by atoms with van der Waals surface area (Å²) < 4.78 is 13.9. The molecule has 0 unspecified atom stereocenters. The molecule has 1 atom stereocenters. The Morgan fingerprint density at radius 3 is 2.68 bits per heavy atom. The highest BCUT2D eigenvalue weighted by molar-refractivity contribution is 7.99. The van der Waals surface area contributed by atoms with Crippen molar-refractivity contribution in [3.8, 4) is 0 Å². The average molecular weight is 315 g/mol. The van der Waals surface area contributed by atoms with Crippen LogP contribution < -0.4 is 5.32 Å². The monoisotopic (exact) mass is 315 g/mol. The van der Waals surface area contributed by atoms with Gasteiger partial charge in [0, 0.05) is 16.2 Å². The van der Waals surface area contributed by atoms with E-state index in [0.29, 0.717) is 10.5 Å². The third-order valence-corrected chi connectivity index (χ3v) is 4.97. The molecule has 2 aromatic carbocycles. The highest BCUT2D eigenvalue weighted by atomic mass is 32.2. The number of hydrogen-bond acceptors (Lipinski definition) is 2. The number of halogens is 1. The summed E-state index contributed by atoms with van der Waals surface area (Å²) in [5.41, 5.74) is 3.68. The molecule has 1 heterocycles. The predicted octanol–water partition coefficient (Wildman–Crippen LogP) is 4.41. The van der Waals surface area contributed by atoms with E-state index in [2.05, 4.69) is 5.32 Å². The second-order valence-corrected chi connectivity index (χ2v) is 6.80. The van der Waals surface area contributed by atoms with Crippen LogP contribution in [0.3, 0.4) is 0 Å². The summed E-state index contributed by atoms with van der Waals surface area (Å²) in [5, 5.41) is 3.05. The molecular formula is C18H18FNOS. The molecule has 0 aliphatic carbocycles. The molecule has 22 heavy (non-hydrogen) atoms. The molecule has 0 saturated carbocycles. The molecule has 0 aromatic heterocycles. The molecular weight excluding hydrogens is 297 g/mol. The number of carbonyl (C=O) groups is 1. The number of benzene rings is 2. The molecule has 114 valence electrons. The largest absolute Gasteiger partial charge is 0.345 e. The van der Waals surface area contributed by atoms with E-state index in [1.807, 2.05) is 38.1 Å². The highest BCUT2D eigenvalue weighted by Gasteiger charge is 2.24. The number of rotatable bonds is 2. The van der Waals surface area contributed by atoms with Crippen LogP contribution in [0.4, 0.5) is 4.39 Å². The number of thioether (sulfide) groups is 1. The molecule has 1 N–H and O–H groups in total. The van der Waals surface area contributed by atoms with E-state index < -0.39 is 0 Å². The van der Waals surface area contributed by atoms with Gasteiger partial charge in [-0.05, 0) is 44.0 Å². The van der Waals surface area contributed by atoms with Crippen molar-refractivity contribution in [3.63, 3.8) is 0 Å². The van der Waals surface area contributed by atoms with Crippen molar-refractivity contribution >= 4 is 17.7 Å². The normalized spacial score (nSPS) is 17.0. The minimum Gasteiger partial charge on any atom is -0.345 e. The van der Waals surface area contributed by atoms with Gasteiger partial charge in [-0.1, -0.05) is 29.3 Å². The number of nitrogens with one attached hydrogen (secondary N) is 1. The van der Waals surface area contributed by atoms with Gasteiger partial charge in [-0.25, -0.2) is 4.39 Å². The van der Waals surface area contributed by atoms with E-state index >= 15 is 0 Å². The van der Waals surface area contributed by atoms with Crippen molar-refractivity contribution in [2.24, 2.45) is 0 Å². The molecule has 1 amide bonds. The maximum atomic E-state index is 13.9. The third kappa shape index (κ3) is 3.02. The van der Waals surface area contributed by atoms with E-state index in [-0.39, 0.29) is 17.8 Å². The van der Waals surface area contributed by atoms with Crippen LogP contribution in [0.2, 0.25) is 0 Å². The maximum Gasteiger partial charge on any atom is 0.251 e. The van der Waals surface area contributed by atoms with Crippen LogP contribution in [0, 0.1) is 19.7 Å². The average Bonchev–Trinajstić information content (AvgIpc) is 2.47. The Bertz CT molecular complexity index is 709. The van der Waals surface area contributed by atoms with Crippen molar-refractivity contribution in [1.29, 1.82) is 0 Å². The molecule has 0 spiro atoms. The molecule has 2 nitrogen and oxygen atoms in total. The first-order valence-electron chi connectivity index (χ1n) is 7.35. The lowest BCUT2D eigenvalue weighted by Crippen LogP contribution is -2.31. The van der Waals surface area contributed by atoms with Gasteiger partial charge in [0.05, 0.1) is 6.04 Å². The van der Waals surface area contributed by atoms with Gasteiger partial charge in [-0.15, -0.1) is 11.8 Å². The van der Waals surface area contributed by atoms with E-state index in [1.54, 1.807) is 6.07 Å². The molecule has 1 aliphatic heterocycles. The fourth-order valence-electron chi connectivity index (χ4n) is 2.88. The SMILES string of the molecule is Cc1cc(C)cc(C(=O)N[C@@H]2CCSc3c(F)cccc32)c1. The van der Waals surface area contributed by atoms with E-state index in [1.165, 1.54) is 17.8 Å². The van der Waals surface area contributed by atoms with Crippen molar-refractivity contribution in [3.05, 3.63) is 64.5 Å². The maximum absolute atomic E-state index is 13.9. The number of amides is 1. The second-order valence-electron chi connectivity index (χ2n) is 5.70. The van der Waals surface area contributed by atoms with Gasteiger partial charge < -0.3 is 5.32 Å². The smallest absolute Gasteiger partial charge is 0.251 e. The van der Waals surface area contributed by atoms with Crippen LogP contribution in [0.1, 0.15) is 39.5 Å². The van der Waals surface area contributed by atoms with Crippen molar-refractivity contribution < 1.29 is 9.18 Å². The minimum absolute atomic E-state index is 0.0982. The van der Waals surface area contributed by atoms with Gasteiger partial charge in [0.2, 0.25) is 0 Å². The lowest BCUT2D eigenvalue weighted by Gasteiger charge is -2.26. The Kier molecular flexibility index (Phi) is 4.21. The van der Waals surface area contributed by atoms with Crippen LogP contribution in [-0.4, -0.2) is 11.7 Å². The summed E-state index contributed by atoms with van der Waals surface area (Å²) in [6, 6.07) is 10.8. The van der Waals surface area contributed by atoms with Crippen molar-refractivity contribution in [2.45, 2.75) is 31.2 Å². The summed E-state index contributed by atoms with van der Waals surface area (Å²) in [4.78, 5) is 13.2. The van der Waals surface area contributed by atoms with E-state index in [0.717, 1.165) is 28.9 Å². The number of aryl methyl sites for hydroxylation is 2. The van der Waals surface area contributed by atoms with Crippen LogP contribution in [0.25, 0.3) is 0 Å². The quantitative estimate of drug-likeness (QED) is 0.889. The Hall–Kier alpha value is -1.81. The molecule has 2 aromatic rings. The third-order valence-electron chi connectivity index (χ3n) is 3.81. The van der Waals surface area contributed by atoms with Gasteiger partial charge in [0.1, 0.15) is 5.82 Å².